The van der Waals surface area contributed by atoms with E-state index in [9.17, 15) is 71.2 Å². The van der Waals surface area contributed by atoms with Crippen LogP contribution in [0, 0.1) is 0 Å². The second-order valence-electron chi connectivity index (χ2n) is 10.8. The number of rotatable bonds is 12. The molecule has 0 amide bonds. The van der Waals surface area contributed by atoms with Crippen LogP contribution >= 0.6 is 0 Å². The van der Waals surface area contributed by atoms with Gasteiger partial charge in [-0.1, -0.05) is 0 Å². The molecule has 0 aromatic heterocycles. The van der Waals surface area contributed by atoms with Crippen LogP contribution < -0.4 is 0 Å². The topological polar surface area (TPSA) is 387 Å². The fourth-order valence-corrected chi connectivity index (χ4v) is 4.53. The maximum absolute atomic E-state index is 10.3. The van der Waals surface area contributed by atoms with Crippen LogP contribution in [0.25, 0.3) is 0 Å². The van der Waals surface area contributed by atoms with Crippen molar-refractivity contribution in [2.24, 2.45) is 0 Å². The molecule has 0 radical (unpaired) electrons. The molecule has 3 fully saturated rings. The first-order valence-corrected chi connectivity index (χ1v) is 13.9. The van der Waals surface area contributed by atoms with Gasteiger partial charge in [0.15, 0.2) is 18.9 Å². The highest BCUT2D eigenvalue weighted by atomic mass is 16.7. The van der Waals surface area contributed by atoms with Gasteiger partial charge in [-0.3, -0.25) is 0 Å². The molecule has 0 aromatic carbocycles. The Morgan fingerprint density at radius 1 is 0.717 bits per heavy atom. The van der Waals surface area contributed by atoms with Crippen molar-refractivity contribution in [2.75, 3.05) is 33.0 Å². The van der Waals surface area contributed by atoms with Crippen LogP contribution in [0.4, 0.5) is 0 Å². The van der Waals surface area contributed by atoms with Gasteiger partial charge in [-0.15, -0.1) is 0 Å². The zero-order valence-electron chi connectivity index (χ0n) is 24.0. The highest BCUT2D eigenvalue weighted by molar-refractivity contribution is 5.56. The Kier molecular flexibility index (Phi) is 16.0. The lowest BCUT2D eigenvalue weighted by Gasteiger charge is -2.47. The van der Waals surface area contributed by atoms with Crippen molar-refractivity contribution in [1.82, 2.24) is 0 Å². The molecule has 0 aromatic rings. The molecule has 0 saturated carbocycles. The van der Waals surface area contributed by atoms with Gasteiger partial charge in [0, 0.05) is 0 Å². The summed E-state index contributed by atoms with van der Waals surface area (Å²) >= 11 is 0. The minimum Gasteiger partial charge on any atom is -0.394 e. The third-order valence-electron chi connectivity index (χ3n) is 7.52. The first-order valence-electron chi connectivity index (χ1n) is 13.9. The molecule has 3 heterocycles. The van der Waals surface area contributed by atoms with E-state index in [1.54, 1.807) is 0 Å². The summed E-state index contributed by atoms with van der Waals surface area (Å²) in [5.74, 6) is -2.38. The largest absolute Gasteiger partial charge is 0.394 e. The van der Waals surface area contributed by atoms with E-state index in [-0.39, 0.29) is 6.29 Å². The number of aliphatic hydroxyl groups excluding tert-OH is 15. The average molecular weight is 685 g/mol. The Morgan fingerprint density at radius 3 is 1.70 bits per heavy atom. The number of aldehydes is 1. The van der Waals surface area contributed by atoms with E-state index in [0.717, 1.165) is 0 Å². The Labute approximate surface area is 260 Å². The van der Waals surface area contributed by atoms with Crippen molar-refractivity contribution in [2.45, 2.75) is 110 Å². The van der Waals surface area contributed by atoms with Gasteiger partial charge in [-0.2, -0.15) is 0 Å². The van der Waals surface area contributed by atoms with Gasteiger partial charge in [-0.05, 0) is 0 Å². The summed E-state index contributed by atoms with van der Waals surface area (Å²) in [5, 5.41) is 153. The van der Waals surface area contributed by atoms with E-state index in [2.05, 4.69) is 0 Å². The van der Waals surface area contributed by atoms with Crippen molar-refractivity contribution >= 4 is 6.29 Å². The molecular formula is C24H44O22. The van der Waals surface area contributed by atoms with Crippen molar-refractivity contribution < 1.29 is 110 Å². The van der Waals surface area contributed by atoms with Crippen molar-refractivity contribution in [3.8, 4) is 0 Å². The molecule has 18 atom stereocenters. The van der Waals surface area contributed by atoms with Gasteiger partial charge in [0.25, 0.3) is 0 Å². The number of aliphatic hydroxyl groups is 16. The van der Waals surface area contributed by atoms with Gasteiger partial charge >= 0.3 is 0 Å². The number of ether oxygens (including phenoxy) is 5. The first kappa shape index (κ1) is 41.0. The maximum Gasteiger partial charge on any atom is 0.219 e. The Balaban J connectivity index is 0.000000320. The zero-order chi connectivity index (χ0) is 35.1. The van der Waals surface area contributed by atoms with E-state index in [4.69, 9.17) is 39.0 Å². The van der Waals surface area contributed by atoms with Gasteiger partial charge in [-0.25, -0.2) is 0 Å². The SMILES string of the molecule is O=C[C@H](O)[C@@H](O)[C@H](O)[C@H](O)CO[C@H]1O[C@H](CO)[C@@H](O)[C@H](O)[C@H]1O.OC[C@H]1O[C@H](O[C@H]2[C@H](O)[C@H](O)CO[C@@]2(O)CO)[C@H](O)[C@@H](O)[C@@H]1O. The van der Waals surface area contributed by atoms with E-state index in [1.807, 2.05) is 0 Å². The Morgan fingerprint density at radius 2 is 1.22 bits per heavy atom. The van der Waals surface area contributed by atoms with Gasteiger partial charge in [0.05, 0.1) is 33.0 Å². The molecular weight excluding hydrogens is 640 g/mol. The lowest BCUT2D eigenvalue weighted by atomic mass is 9.96. The van der Waals surface area contributed by atoms with Crippen LogP contribution in [0.3, 0.4) is 0 Å². The second kappa shape index (κ2) is 18.0. The number of carbonyl (C=O) groups excluding carboxylic acids is 1. The number of carbonyl (C=O) groups is 1. The van der Waals surface area contributed by atoms with Crippen LogP contribution in [0.1, 0.15) is 0 Å². The molecule has 3 rings (SSSR count). The third kappa shape index (κ3) is 9.50. The van der Waals surface area contributed by atoms with Crippen LogP contribution in [0.5, 0.6) is 0 Å². The van der Waals surface area contributed by atoms with E-state index in [1.165, 1.54) is 0 Å². The van der Waals surface area contributed by atoms with E-state index < -0.39 is 143 Å². The summed E-state index contributed by atoms with van der Waals surface area (Å²) in [6.07, 6.45) is -28.1. The molecule has 272 valence electrons. The second-order valence-corrected chi connectivity index (χ2v) is 10.8. The summed E-state index contributed by atoms with van der Waals surface area (Å²) in [6.45, 7) is -3.51. The smallest absolute Gasteiger partial charge is 0.219 e. The number of hydrogen-bond donors (Lipinski definition) is 16. The minimum atomic E-state index is -2.38. The Hall–Kier alpha value is -1.17. The van der Waals surface area contributed by atoms with Gasteiger partial charge in [0.1, 0.15) is 91.6 Å². The third-order valence-corrected chi connectivity index (χ3v) is 7.52. The summed E-state index contributed by atoms with van der Waals surface area (Å²) in [5.41, 5.74) is 0. The predicted molar refractivity (Wildman–Crippen MR) is 138 cm³/mol. The van der Waals surface area contributed by atoms with Crippen molar-refractivity contribution in [3.63, 3.8) is 0 Å². The molecule has 0 aliphatic carbocycles. The maximum atomic E-state index is 10.3. The predicted octanol–water partition coefficient (Wildman–Crippen LogP) is -11.0. The lowest BCUT2D eigenvalue weighted by molar-refractivity contribution is -0.387. The highest BCUT2D eigenvalue weighted by Crippen LogP contribution is 2.31. The molecule has 3 aliphatic heterocycles. The van der Waals surface area contributed by atoms with Crippen LogP contribution in [-0.4, -0.2) is 231 Å². The van der Waals surface area contributed by atoms with Crippen LogP contribution in [0.15, 0.2) is 0 Å². The molecule has 0 bridgehead atoms. The van der Waals surface area contributed by atoms with Crippen LogP contribution in [0.2, 0.25) is 0 Å². The molecule has 0 unspecified atom stereocenters. The molecule has 22 heteroatoms. The minimum absolute atomic E-state index is 0.0287. The monoisotopic (exact) mass is 684 g/mol. The van der Waals surface area contributed by atoms with E-state index >= 15 is 0 Å². The standard InChI is InChI=1S/2C12H22O11/c13-1-5-7(17)8(18)9(19)11(22-5)23-10-6(16)4(15)2-21-12(10,20)3-14;13-1-4(15)7(17)8(18)5(16)3-22-12-11(21)10(20)9(19)6(2-14)23-12/h4-11,13-20H,1-3H2;1,4-12,14-21H,2-3H2/t4-,5-,6-,7-,8+,9-,10+,11-,12+;4-,5+,6+,7+,8+,9+,10-,11+,12-/m10/s1. The van der Waals surface area contributed by atoms with Crippen molar-refractivity contribution in [1.29, 1.82) is 0 Å². The normalized spacial score (nSPS) is 44.3. The summed E-state index contributed by atoms with van der Waals surface area (Å²) < 4.78 is 25.1. The van der Waals surface area contributed by atoms with Gasteiger partial charge < -0.3 is 110 Å². The quantitative estimate of drug-likeness (QED) is 0.0848. The van der Waals surface area contributed by atoms with E-state index in [0.29, 0.717) is 0 Å². The summed E-state index contributed by atoms with van der Waals surface area (Å²) in [7, 11) is 0. The zero-order valence-corrected chi connectivity index (χ0v) is 24.0. The number of hydrogen-bond acceptors (Lipinski definition) is 22. The summed E-state index contributed by atoms with van der Waals surface area (Å²) in [4.78, 5) is 10.3. The molecule has 0 spiro atoms. The summed E-state index contributed by atoms with van der Waals surface area (Å²) in [6, 6.07) is 0. The van der Waals surface area contributed by atoms with Gasteiger partial charge in [0.2, 0.25) is 5.79 Å². The van der Waals surface area contributed by atoms with Crippen molar-refractivity contribution in [3.05, 3.63) is 0 Å². The highest BCUT2D eigenvalue weighted by Gasteiger charge is 2.54. The molecule has 3 saturated heterocycles. The first-order chi connectivity index (χ1) is 21.5. The molecule has 46 heavy (non-hydrogen) atoms. The molecule has 3 aliphatic rings. The molecule has 16 N–H and O–H groups in total. The average Bonchev–Trinajstić information content (AvgIpc) is 3.05. The fraction of sp³-hybridized carbons (Fsp3) is 0.958. The lowest BCUT2D eigenvalue weighted by Crippen LogP contribution is -2.67. The fourth-order valence-electron chi connectivity index (χ4n) is 4.53. The molecule has 22 nitrogen and oxygen atoms in total. The van der Waals surface area contributed by atoms with Crippen LogP contribution in [-0.2, 0) is 28.5 Å². The Bertz CT molecular complexity index is 898.